The molecule has 1 aromatic carbocycles. The molecule has 2 atom stereocenters. The lowest BCUT2D eigenvalue weighted by Crippen LogP contribution is -2.53. The molecular formula is C32H54N6O9. The molecule has 1 aromatic rings. The number of carbonyl (C=O) groups is 6. The summed E-state index contributed by atoms with van der Waals surface area (Å²) < 4.78 is 10.6. The fourth-order valence-corrected chi connectivity index (χ4v) is 3.89. The lowest BCUT2D eigenvalue weighted by atomic mass is 10.0. The van der Waals surface area contributed by atoms with Gasteiger partial charge in [-0.15, -0.1) is 0 Å². The molecular weight excluding hydrogens is 612 g/mol. The molecule has 0 saturated heterocycles. The van der Waals surface area contributed by atoms with Gasteiger partial charge in [0.25, 0.3) is 12.4 Å². The lowest BCUT2D eigenvalue weighted by Gasteiger charge is -2.24. The maximum Gasteiger partial charge on any atom is 0.408 e. The molecule has 0 aliphatic carbocycles. The molecule has 0 aliphatic rings. The summed E-state index contributed by atoms with van der Waals surface area (Å²) in [5.74, 6) is -1.26. The van der Waals surface area contributed by atoms with Gasteiger partial charge in [0.15, 0.2) is 0 Å². The maximum absolute atomic E-state index is 13.0. The van der Waals surface area contributed by atoms with Gasteiger partial charge in [-0.2, -0.15) is 0 Å². The van der Waals surface area contributed by atoms with Gasteiger partial charge in [-0.25, -0.2) is 9.59 Å². The van der Waals surface area contributed by atoms with Crippen molar-refractivity contribution in [3.05, 3.63) is 29.8 Å². The number of hydrazine groups is 1. The van der Waals surface area contributed by atoms with Gasteiger partial charge in [-0.1, -0.05) is 32.4 Å². The Bertz CT molecular complexity index is 1150. The van der Waals surface area contributed by atoms with Gasteiger partial charge in [-0.3, -0.25) is 30.0 Å². The van der Waals surface area contributed by atoms with Gasteiger partial charge in [0.05, 0.1) is 0 Å². The second-order valence-corrected chi connectivity index (χ2v) is 13.2. The fourth-order valence-electron chi connectivity index (χ4n) is 3.89. The van der Waals surface area contributed by atoms with Crippen LogP contribution in [0, 0.1) is 5.92 Å². The Hall–Kier alpha value is -4.40. The number of amides is 5. The molecule has 0 bridgehead atoms. The van der Waals surface area contributed by atoms with E-state index in [-0.39, 0.29) is 31.1 Å². The van der Waals surface area contributed by atoms with Gasteiger partial charge < -0.3 is 36.3 Å². The van der Waals surface area contributed by atoms with E-state index in [4.69, 9.17) is 25.1 Å². The standard InChI is InChI=1S/C31H52N6O7.CH2O2/c1-20(2)18-23(34-28(41)43-30(3,4)5)26(39)33-22-15-13-21(14-16-22)19-24(35-29(42)44-31(6,7)8)27(40)37-36-25(38)12-10-9-11-17-32;2-1-3/h13-16,20,23-24H,9-12,17-19,32H2,1-8H3,(H,33,39)(H,34,41)(H,35,42)(H,36,38)(H,37,40);1H,(H,2,3)/t23-,24+;/m0./s1. The summed E-state index contributed by atoms with van der Waals surface area (Å²) in [5, 5.41) is 14.9. The minimum absolute atomic E-state index is 0.0713. The number of hydrogen-bond donors (Lipinski definition) is 7. The van der Waals surface area contributed by atoms with Crippen LogP contribution in [0.5, 0.6) is 0 Å². The molecule has 47 heavy (non-hydrogen) atoms. The van der Waals surface area contributed by atoms with E-state index in [2.05, 4.69) is 26.8 Å². The van der Waals surface area contributed by atoms with Crippen LogP contribution >= 0.6 is 0 Å². The highest BCUT2D eigenvalue weighted by Gasteiger charge is 2.27. The minimum atomic E-state index is -1.07. The van der Waals surface area contributed by atoms with Crippen LogP contribution in [0.3, 0.4) is 0 Å². The van der Waals surface area contributed by atoms with Gasteiger partial charge in [0.2, 0.25) is 11.8 Å². The highest BCUT2D eigenvalue weighted by atomic mass is 16.6. The van der Waals surface area contributed by atoms with Crippen molar-refractivity contribution in [2.24, 2.45) is 11.7 Å². The van der Waals surface area contributed by atoms with Crippen molar-refractivity contribution in [2.45, 2.75) is 117 Å². The number of nitrogens with one attached hydrogen (secondary N) is 5. The number of carbonyl (C=O) groups excluding carboxylic acids is 5. The first-order chi connectivity index (χ1) is 21.8. The molecule has 0 heterocycles. The monoisotopic (exact) mass is 666 g/mol. The molecule has 8 N–H and O–H groups in total. The first-order valence-electron chi connectivity index (χ1n) is 15.6. The van der Waals surface area contributed by atoms with E-state index < -0.39 is 47.3 Å². The van der Waals surface area contributed by atoms with Crippen molar-refractivity contribution in [3.8, 4) is 0 Å². The first-order valence-corrected chi connectivity index (χ1v) is 15.6. The summed E-state index contributed by atoms with van der Waals surface area (Å²) in [7, 11) is 0. The second kappa shape index (κ2) is 21.4. The third-order valence-electron chi connectivity index (χ3n) is 5.82. The molecule has 15 heteroatoms. The zero-order valence-electron chi connectivity index (χ0n) is 28.9. The van der Waals surface area contributed by atoms with Gasteiger partial charge >= 0.3 is 12.2 Å². The van der Waals surface area contributed by atoms with Crippen molar-refractivity contribution in [1.29, 1.82) is 0 Å². The predicted molar refractivity (Wildman–Crippen MR) is 177 cm³/mol. The maximum atomic E-state index is 13.0. The van der Waals surface area contributed by atoms with Crippen LogP contribution < -0.4 is 32.5 Å². The Morgan fingerprint density at radius 2 is 1.32 bits per heavy atom. The van der Waals surface area contributed by atoms with Crippen LogP contribution in [0.25, 0.3) is 0 Å². The average Bonchev–Trinajstić information content (AvgIpc) is 2.92. The van der Waals surface area contributed by atoms with Crippen molar-refractivity contribution < 1.29 is 43.3 Å². The number of benzene rings is 1. The zero-order chi connectivity index (χ0) is 36.2. The number of ether oxygens (including phenoxy) is 2. The SMILES string of the molecule is CC(C)C[C@H](NC(=O)OC(C)(C)C)C(=O)Nc1ccc(C[C@@H](NC(=O)OC(C)(C)C)C(=O)NNC(=O)CCCCCN)cc1.O=CO. The number of alkyl carbamates (subject to hydrolysis) is 2. The molecule has 0 saturated carbocycles. The average molecular weight is 667 g/mol. The van der Waals surface area contributed by atoms with Gasteiger partial charge in [0.1, 0.15) is 23.3 Å². The predicted octanol–water partition coefficient (Wildman–Crippen LogP) is 3.37. The van der Waals surface area contributed by atoms with E-state index in [1.165, 1.54) is 0 Å². The zero-order valence-corrected chi connectivity index (χ0v) is 28.9. The molecule has 0 aromatic heterocycles. The summed E-state index contributed by atoms with van der Waals surface area (Å²) in [6.45, 7) is 14.5. The second-order valence-electron chi connectivity index (χ2n) is 13.2. The van der Waals surface area contributed by atoms with E-state index in [0.29, 0.717) is 30.6 Å². The largest absolute Gasteiger partial charge is 0.483 e. The summed E-state index contributed by atoms with van der Waals surface area (Å²) in [4.78, 5) is 71.3. The normalized spacial score (nSPS) is 12.3. The summed E-state index contributed by atoms with van der Waals surface area (Å²) in [6.07, 6.45) is 1.48. The lowest BCUT2D eigenvalue weighted by molar-refractivity contribution is -0.130. The molecule has 5 amide bonds. The minimum Gasteiger partial charge on any atom is -0.483 e. The summed E-state index contributed by atoms with van der Waals surface area (Å²) in [6, 6.07) is 4.81. The van der Waals surface area contributed by atoms with Crippen LogP contribution in [0.15, 0.2) is 24.3 Å². The van der Waals surface area contributed by atoms with Crippen LogP contribution in [0.1, 0.15) is 93.1 Å². The van der Waals surface area contributed by atoms with Crippen molar-refractivity contribution in [3.63, 3.8) is 0 Å². The van der Waals surface area contributed by atoms with Crippen LogP contribution in [0.2, 0.25) is 0 Å². The molecule has 266 valence electrons. The van der Waals surface area contributed by atoms with Crippen molar-refractivity contribution >= 4 is 42.1 Å². The first kappa shape index (κ1) is 42.6. The Labute approximate surface area is 277 Å². The highest BCUT2D eigenvalue weighted by molar-refractivity contribution is 5.96. The van der Waals surface area contributed by atoms with Gasteiger partial charge in [-0.05, 0) is 91.0 Å². The van der Waals surface area contributed by atoms with E-state index in [1.807, 2.05) is 13.8 Å². The van der Waals surface area contributed by atoms with Crippen LogP contribution in [0.4, 0.5) is 15.3 Å². The van der Waals surface area contributed by atoms with Gasteiger partial charge in [0, 0.05) is 18.5 Å². The Balaban J connectivity index is 0.00000677. The molecule has 15 nitrogen and oxygen atoms in total. The molecule has 0 aliphatic heterocycles. The Kier molecular flexibility index (Phi) is 19.4. The van der Waals surface area contributed by atoms with E-state index in [0.717, 1.165) is 12.8 Å². The van der Waals surface area contributed by atoms with Crippen LogP contribution in [-0.4, -0.2) is 71.3 Å². The van der Waals surface area contributed by atoms with E-state index >= 15 is 0 Å². The molecule has 1 rings (SSSR count). The Morgan fingerprint density at radius 1 is 0.809 bits per heavy atom. The number of nitrogens with two attached hydrogens (primary N) is 1. The number of unbranched alkanes of at least 4 members (excludes halogenated alkanes) is 2. The summed E-state index contributed by atoms with van der Waals surface area (Å²) in [5.41, 5.74) is 9.87. The summed E-state index contributed by atoms with van der Waals surface area (Å²) >= 11 is 0. The molecule has 0 fully saturated rings. The quantitative estimate of drug-likeness (QED) is 0.0870. The number of anilines is 1. The van der Waals surface area contributed by atoms with Crippen molar-refractivity contribution in [2.75, 3.05) is 11.9 Å². The fraction of sp³-hybridized carbons (Fsp3) is 0.625. The van der Waals surface area contributed by atoms with Crippen LogP contribution in [-0.2, 0) is 35.1 Å². The third-order valence-corrected chi connectivity index (χ3v) is 5.82. The van der Waals surface area contributed by atoms with Crippen molar-refractivity contribution in [1.82, 2.24) is 21.5 Å². The number of rotatable bonds is 14. The Morgan fingerprint density at radius 3 is 1.79 bits per heavy atom. The number of hydrogen-bond acceptors (Lipinski definition) is 9. The third kappa shape index (κ3) is 21.9. The molecule has 0 radical (unpaired) electrons. The molecule has 0 spiro atoms. The molecule has 0 unspecified atom stereocenters. The topological polar surface area (TPSA) is 227 Å². The number of carboxylic acid groups (broad SMARTS) is 1. The highest BCUT2D eigenvalue weighted by Crippen LogP contribution is 2.15. The van der Waals surface area contributed by atoms with E-state index in [9.17, 15) is 24.0 Å². The van der Waals surface area contributed by atoms with E-state index in [1.54, 1.807) is 65.8 Å². The smallest absolute Gasteiger partial charge is 0.408 e.